The van der Waals surface area contributed by atoms with Crippen molar-refractivity contribution in [3.8, 4) is 5.88 Å². The Morgan fingerprint density at radius 3 is 2.63 bits per heavy atom. The van der Waals surface area contributed by atoms with Crippen molar-refractivity contribution in [2.75, 3.05) is 25.4 Å². The number of carbonyl (C=O) groups excluding carboxylic acids is 2. The molecule has 1 aliphatic heterocycles. The van der Waals surface area contributed by atoms with Crippen LogP contribution in [0.15, 0.2) is 12.3 Å². The predicted molar refractivity (Wildman–Crippen MR) is 106 cm³/mol. The number of alkyl halides is 2. The van der Waals surface area contributed by atoms with E-state index in [9.17, 15) is 26.8 Å². The summed E-state index contributed by atoms with van der Waals surface area (Å²) in [6.07, 6.45) is 3.58. The van der Waals surface area contributed by atoms with Gasteiger partial charge in [0.15, 0.2) is 12.5 Å². The van der Waals surface area contributed by atoms with Crippen LogP contribution in [0.3, 0.4) is 0 Å². The Kier molecular flexibility index (Phi) is 8.18. The normalized spacial score (nSPS) is 16.1. The first-order valence-electron chi connectivity index (χ1n) is 9.77. The van der Waals surface area contributed by atoms with E-state index in [0.717, 1.165) is 6.92 Å². The largest absolute Gasteiger partial charge is 0.473 e. The monoisotopic (exact) mass is 450 g/mol. The van der Waals surface area contributed by atoms with Crippen LogP contribution in [0.4, 0.5) is 13.6 Å². The first-order valence-corrected chi connectivity index (χ1v) is 11.4. The van der Waals surface area contributed by atoms with Gasteiger partial charge < -0.3 is 14.6 Å². The number of nitrogens with zero attached hydrogens (tertiary/aromatic N) is 1. The highest BCUT2D eigenvalue weighted by Gasteiger charge is 2.26. The molecule has 1 atom stereocenters. The molecule has 12 heteroatoms. The van der Waals surface area contributed by atoms with E-state index in [1.165, 1.54) is 17.2 Å². The number of urea groups is 1. The lowest BCUT2D eigenvalue weighted by molar-refractivity contribution is -0.118. The van der Waals surface area contributed by atoms with Crippen molar-refractivity contribution < 1.29 is 31.5 Å². The third-order valence-electron chi connectivity index (χ3n) is 4.50. The molecular formula is C18H28F2N4O5S. The number of rotatable bonds is 13. The molecule has 0 aliphatic carbocycles. The molecule has 1 aromatic rings. The van der Waals surface area contributed by atoms with Crippen molar-refractivity contribution in [1.29, 1.82) is 0 Å². The molecule has 0 aromatic carbocycles. The maximum Gasteiger partial charge on any atom is 0.324 e. The average Bonchev–Trinajstić information content (AvgIpc) is 3.23. The van der Waals surface area contributed by atoms with E-state index in [2.05, 4.69) is 15.0 Å². The van der Waals surface area contributed by atoms with E-state index in [-0.39, 0.29) is 24.1 Å². The van der Waals surface area contributed by atoms with E-state index in [1.807, 2.05) is 6.92 Å². The van der Waals surface area contributed by atoms with Crippen molar-refractivity contribution >= 4 is 22.0 Å². The minimum Gasteiger partial charge on any atom is -0.473 e. The summed E-state index contributed by atoms with van der Waals surface area (Å²) in [5.41, 5.74) is 0.597. The SMILES string of the molecule is CCC(NS(=O)(=O)CCCCCN1CC(=O)NC1=O)c1c[nH]c(OCC(C)(F)F)c1. The fraction of sp³-hybridized carbons (Fsp3) is 0.667. The quantitative estimate of drug-likeness (QED) is 0.314. The molecule has 9 nitrogen and oxygen atoms in total. The van der Waals surface area contributed by atoms with Crippen molar-refractivity contribution in [2.45, 2.75) is 51.5 Å². The highest BCUT2D eigenvalue weighted by atomic mass is 32.2. The Bertz CT molecular complexity index is 838. The Hall–Kier alpha value is -2.21. The van der Waals surface area contributed by atoms with Gasteiger partial charge >= 0.3 is 6.03 Å². The highest BCUT2D eigenvalue weighted by molar-refractivity contribution is 7.89. The van der Waals surface area contributed by atoms with Crippen LogP contribution >= 0.6 is 0 Å². The van der Waals surface area contributed by atoms with Gasteiger partial charge in [0.1, 0.15) is 6.54 Å². The van der Waals surface area contributed by atoms with Gasteiger partial charge in [0, 0.05) is 31.8 Å². The Morgan fingerprint density at radius 2 is 2.03 bits per heavy atom. The molecule has 0 radical (unpaired) electrons. The van der Waals surface area contributed by atoms with Crippen LogP contribution in [0.5, 0.6) is 5.88 Å². The Morgan fingerprint density at radius 1 is 1.30 bits per heavy atom. The molecule has 1 fully saturated rings. The number of hydrogen-bond donors (Lipinski definition) is 3. The van der Waals surface area contributed by atoms with Gasteiger partial charge in [0.05, 0.1) is 5.75 Å². The lowest BCUT2D eigenvalue weighted by atomic mass is 10.1. The maximum absolute atomic E-state index is 12.9. The standard InChI is InChI=1S/C18H28F2N4O5S/c1-3-14(13-9-16(21-10-13)29-12-18(2,19)20)23-30(27,28)8-6-4-5-7-24-11-15(25)22-17(24)26/h9-10,14,21,23H,3-8,11-12H2,1-2H3,(H,22,25,26). The van der Waals surface area contributed by atoms with Crippen LogP contribution in [0, 0.1) is 0 Å². The van der Waals surface area contributed by atoms with Crippen LogP contribution < -0.4 is 14.8 Å². The molecule has 1 unspecified atom stereocenters. The van der Waals surface area contributed by atoms with Crippen molar-refractivity contribution in [2.24, 2.45) is 0 Å². The van der Waals surface area contributed by atoms with Crippen LogP contribution in [0.25, 0.3) is 0 Å². The van der Waals surface area contributed by atoms with Gasteiger partial charge in [-0.25, -0.2) is 26.7 Å². The highest BCUT2D eigenvalue weighted by Crippen LogP contribution is 2.23. The van der Waals surface area contributed by atoms with Crippen LogP contribution in [0.1, 0.15) is 51.1 Å². The van der Waals surface area contributed by atoms with Gasteiger partial charge in [0.2, 0.25) is 15.9 Å². The maximum atomic E-state index is 12.9. The lowest BCUT2D eigenvalue weighted by Crippen LogP contribution is -2.30. The number of unbranched alkanes of at least 4 members (excludes halogenated alkanes) is 2. The first kappa shape index (κ1) is 24.1. The second kappa shape index (κ2) is 10.2. The minimum absolute atomic E-state index is 0.0368. The summed E-state index contributed by atoms with van der Waals surface area (Å²) in [6.45, 7) is 2.21. The lowest BCUT2D eigenvalue weighted by Gasteiger charge is -2.16. The fourth-order valence-corrected chi connectivity index (χ4v) is 4.41. The number of H-pyrrole nitrogens is 1. The Balaban J connectivity index is 1.76. The molecule has 3 amide bonds. The molecular weight excluding hydrogens is 422 g/mol. The third-order valence-corrected chi connectivity index (χ3v) is 5.97. The van der Waals surface area contributed by atoms with E-state index in [1.54, 1.807) is 0 Å². The van der Waals surface area contributed by atoms with Crippen molar-refractivity contribution in [3.63, 3.8) is 0 Å². The summed E-state index contributed by atoms with van der Waals surface area (Å²) in [5.74, 6) is -3.23. The van der Waals surface area contributed by atoms with Gasteiger partial charge in [-0.15, -0.1) is 0 Å². The molecule has 1 aliphatic rings. The molecule has 170 valence electrons. The van der Waals surface area contributed by atoms with E-state index in [4.69, 9.17) is 4.74 Å². The topological polar surface area (TPSA) is 121 Å². The number of halogens is 2. The number of imide groups is 1. The molecule has 0 saturated carbocycles. The molecule has 1 aromatic heterocycles. The number of ether oxygens (including phenoxy) is 1. The van der Waals surface area contributed by atoms with Crippen LogP contribution in [-0.2, 0) is 14.8 Å². The van der Waals surface area contributed by atoms with Crippen LogP contribution in [0.2, 0.25) is 0 Å². The van der Waals surface area contributed by atoms with Crippen molar-refractivity contribution in [3.05, 3.63) is 17.8 Å². The summed E-state index contributed by atoms with van der Waals surface area (Å²) in [7, 11) is -3.56. The molecule has 30 heavy (non-hydrogen) atoms. The van der Waals surface area contributed by atoms with E-state index >= 15 is 0 Å². The molecule has 0 bridgehead atoms. The molecule has 3 N–H and O–H groups in total. The Labute approximate surface area is 174 Å². The second-order valence-corrected chi connectivity index (χ2v) is 9.26. The van der Waals surface area contributed by atoms with E-state index < -0.39 is 34.6 Å². The number of aromatic nitrogens is 1. The van der Waals surface area contributed by atoms with Gasteiger partial charge in [-0.3, -0.25) is 10.1 Å². The predicted octanol–water partition coefficient (Wildman–Crippen LogP) is 2.14. The van der Waals surface area contributed by atoms with Gasteiger partial charge in [-0.2, -0.15) is 0 Å². The number of amides is 3. The van der Waals surface area contributed by atoms with Crippen molar-refractivity contribution in [1.82, 2.24) is 19.9 Å². The minimum atomic E-state index is -3.56. The summed E-state index contributed by atoms with van der Waals surface area (Å²) < 4.78 is 58.2. The zero-order valence-electron chi connectivity index (χ0n) is 17.0. The summed E-state index contributed by atoms with van der Waals surface area (Å²) in [6, 6.07) is 0.577. The zero-order chi connectivity index (χ0) is 22.4. The number of aromatic amines is 1. The summed E-state index contributed by atoms with van der Waals surface area (Å²) >= 11 is 0. The molecule has 0 spiro atoms. The summed E-state index contributed by atoms with van der Waals surface area (Å²) in [4.78, 5) is 26.6. The van der Waals surface area contributed by atoms with Gasteiger partial charge in [-0.1, -0.05) is 13.3 Å². The summed E-state index contributed by atoms with van der Waals surface area (Å²) in [5, 5.41) is 2.19. The van der Waals surface area contributed by atoms with Gasteiger partial charge in [0.25, 0.3) is 5.92 Å². The van der Waals surface area contributed by atoms with E-state index in [0.29, 0.717) is 37.8 Å². The van der Waals surface area contributed by atoms with Gasteiger partial charge in [-0.05, 0) is 24.8 Å². The molecule has 2 heterocycles. The molecule has 2 rings (SSSR count). The molecule has 1 saturated heterocycles. The fourth-order valence-electron chi connectivity index (χ4n) is 2.98. The number of hydrogen-bond acceptors (Lipinski definition) is 5. The number of sulfonamides is 1. The first-order chi connectivity index (χ1) is 14.0. The zero-order valence-corrected chi connectivity index (χ0v) is 17.9. The average molecular weight is 451 g/mol. The number of carbonyl (C=O) groups is 2. The smallest absolute Gasteiger partial charge is 0.324 e. The number of nitrogens with one attached hydrogen (secondary N) is 3. The van der Waals surface area contributed by atoms with Crippen LogP contribution in [-0.4, -0.2) is 61.6 Å². The third kappa shape index (κ3) is 7.90. The second-order valence-electron chi connectivity index (χ2n) is 7.39.